The molecule has 0 bridgehead atoms. The van der Waals surface area contributed by atoms with Crippen molar-refractivity contribution in [1.29, 1.82) is 5.26 Å². The number of aliphatic hydroxyl groups excluding tert-OH is 1. The van der Waals surface area contributed by atoms with E-state index in [1.165, 1.54) is 6.07 Å². The third kappa shape index (κ3) is 3.19. The highest BCUT2D eigenvalue weighted by Crippen LogP contribution is 2.26. The van der Waals surface area contributed by atoms with Gasteiger partial charge in [0.1, 0.15) is 5.82 Å². The second-order valence-electron chi connectivity index (χ2n) is 4.17. The van der Waals surface area contributed by atoms with Crippen LogP contribution in [0.25, 0.3) is 0 Å². The van der Waals surface area contributed by atoms with Gasteiger partial charge in [-0.2, -0.15) is 5.26 Å². The minimum atomic E-state index is -0.772. The Morgan fingerprint density at radius 3 is 2.74 bits per heavy atom. The quantitative estimate of drug-likeness (QED) is 0.936. The summed E-state index contributed by atoms with van der Waals surface area (Å²) in [5, 5.41) is 19.0. The number of hydrogen-bond donors (Lipinski definition) is 1. The van der Waals surface area contributed by atoms with Crippen molar-refractivity contribution in [2.45, 2.75) is 12.5 Å². The summed E-state index contributed by atoms with van der Waals surface area (Å²) >= 11 is 3.17. The van der Waals surface area contributed by atoms with E-state index < -0.39 is 6.10 Å². The Morgan fingerprint density at radius 2 is 2.00 bits per heavy atom. The van der Waals surface area contributed by atoms with Crippen LogP contribution in [0.2, 0.25) is 0 Å². The lowest BCUT2D eigenvalue weighted by molar-refractivity contribution is 0.178. The van der Waals surface area contributed by atoms with Crippen molar-refractivity contribution in [1.82, 2.24) is 0 Å². The second-order valence-corrected chi connectivity index (χ2v) is 4.96. The summed E-state index contributed by atoms with van der Waals surface area (Å²) in [7, 11) is 0. The lowest BCUT2D eigenvalue weighted by Gasteiger charge is -2.12. The zero-order valence-corrected chi connectivity index (χ0v) is 11.6. The van der Waals surface area contributed by atoms with E-state index in [0.29, 0.717) is 21.2 Å². The van der Waals surface area contributed by atoms with E-state index in [0.717, 1.165) is 0 Å². The van der Waals surface area contributed by atoms with Gasteiger partial charge in [0, 0.05) is 6.42 Å². The van der Waals surface area contributed by atoms with Gasteiger partial charge in [-0.15, -0.1) is 0 Å². The van der Waals surface area contributed by atoms with Crippen molar-refractivity contribution >= 4 is 15.9 Å². The number of hydrogen-bond acceptors (Lipinski definition) is 2. The van der Waals surface area contributed by atoms with Crippen molar-refractivity contribution in [3.05, 3.63) is 69.4 Å². The summed E-state index contributed by atoms with van der Waals surface area (Å²) in [6, 6.07) is 13.5. The van der Waals surface area contributed by atoms with Crippen LogP contribution in [0, 0.1) is 17.1 Å². The Kier molecular flexibility index (Phi) is 4.31. The summed E-state index contributed by atoms with van der Waals surface area (Å²) in [6.07, 6.45) is -0.487. The maximum absolute atomic E-state index is 13.4. The van der Waals surface area contributed by atoms with E-state index in [-0.39, 0.29) is 12.2 Å². The first-order chi connectivity index (χ1) is 9.11. The Hall–Kier alpha value is -1.70. The molecular weight excluding hydrogens is 309 g/mol. The number of nitriles is 1. The van der Waals surface area contributed by atoms with E-state index in [1.54, 1.807) is 36.4 Å². The number of aliphatic hydroxyl groups is 1. The maximum atomic E-state index is 13.4. The molecule has 0 amide bonds. The fourth-order valence-corrected chi connectivity index (χ4v) is 2.27. The van der Waals surface area contributed by atoms with E-state index in [1.807, 2.05) is 6.07 Å². The predicted octanol–water partition coefficient (Wildman–Crippen LogP) is 3.74. The highest BCUT2D eigenvalue weighted by molar-refractivity contribution is 9.10. The molecule has 0 aliphatic rings. The largest absolute Gasteiger partial charge is 0.388 e. The Bertz CT molecular complexity index is 636. The van der Waals surface area contributed by atoms with Crippen LogP contribution < -0.4 is 0 Å². The van der Waals surface area contributed by atoms with Crippen LogP contribution >= 0.6 is 15.9 Å². The molecule has 2 aromatic rings. The lowest BCUT2D eigenvalue weighted by Crippen LogP contribution is -2.03. The first-order valence-electron chi connectivity index (χ1n) is 5.73. The smallest absolute Gasteiger partial charge is 0.137 e. The summed E-state index contributed by atoms with van der Waals surface area (Å²) in [5.74, 6) is -0.351. The number of halogens is 2. The van der Waals surface area contributed by atoms with Gasteiger partial charge in [0.15, 0.2) is 0 Å². The second kappa shape index (κ2) is 5.96. The van der Waals surface area contributed by atoms with Crippen LogP contribution in [-0.4, -0.2) is 5.11 Å². The minimum Gasteiger partial charge on any atom is -0.388 e. The predicted molar refractivity (Wildman–Crippen MR) is 73.9 cm³/mol. The van der Waals surface area contributed by atoms with Crippen LogP contribution in [0.3, 0.4) is 0 Å². The van der Waals surface area contributed by atoms with Gasteiger partial charge in [0.05, 0.1) is 22.2 Å². The zero-order valence-electron chi connectivity index (χ0n) is 9.98. The number of rotatable bonds is 3. The van der Waals surface area contributed by atoms with E-state index in [2.05, 4.69) is 15.9 Å². The van der Waals surface area contributed by atoms with Gasteiger partial charge < -0.3 is 5.11 Å². The summed E-state index contributed by atoms with van der Waals surface area (Å²) < 4.78 is 13.7. The summed E-state index contributed by atoms with van der Waals surface area (Å²) in [4.78, 5) is 0. The molecule has 1 unspecified atom stereocenters. The first-order valence-corrected chi connectivity index (χ1v) is 6.52. The van der Waals surface area contributed by atoms with Crippen LogP contribution in [0.1, 0.15) is 22.8 Å². The van der Waals surface area contributed by atoms with Gasteiger partial charge in [-0.3, -0.25) is 0 Å². The molecule has 0 radical (unpaired) electrons. The fourth-order valence-electron chi connectivity index (χ4n) is 1.85. The van der Waals surface area contributed by atoms with Gasteiger partial charge in [0.2, 0.25) is 0 Å². The molecule has 0 fully saturated rings. The molecule has 2 nitrogen and oxygen atoms in total. The minimum absolute atomic E-state index is 0.285. The molecule has 0 aliphatic heterocycles. The van der Waals surface area contributed by atoms with E-state index >= 15 is 0 Å². The topological polar surface area (TPSA) is 44.0 Å². The van der Waals surface area contributed by atoms with Crippen LogP contribution in [-0.2, 0) is 6.42 Å². The van der Waals surface area contributed by atoms with Crippen molar-refractivity contribution in [2.75, 3.05) is 0 Å². The van der Waals surface area contributed by atoms with Gasteiger partial charge >= 0.3 is 0 Å². The Morgan fingerprint density at radius 1 is 1.26 bits per heavy atom. The molecule has 2 aromatic carbocycles. The van der Waals surface area contributed by atoms with Crippen LogP contribution in [0.5, 0.6) is 0 Å². The average Bonchev–Trinajstić information content (AvgIpc) is 2.44. The first kappa shape index (κ1) is 13.7. The standard InChI is InChI=1S/C15H11BrFNO/c16-15-12(5-2-6-13(15)17)8-14(19)11-4-1-3-10(7-11)9-18/h1-7,14,19H,8H2. The lowest BCUT2D eigenvalue weighted by atomic mass is 10.00. The SMILES string of the molecule is N#Cc1cccc(C(O)Cc2cccc(F)c2Br)c1. The van der Waals surface area contributed by atoms with Crippen molar-refractivity contribution < 1.29 is 9.50 Å². The highest BCUT2D eigenvalue weighted by atomic mass is 79.9. The molecule has 2 rings (SSSR count). The third-order valence-corrected chi connectivity index (χ3v) is 3.73. The fraction of sp³-hybridized carbons (Fsp3) is 0.133. The summed E-state index contributed by atoms with van der Waals surface area (Å²) in [5.41, 5.74) is 1.83. The molecule has 0 aliphatic carbocycles. The third-order valence-electron chi connectivity index (χ3n) is 2.85. The Balaban J connectivity index is 2.23. The maximum Gasteiger partial charge on any atom is 0.137 e. The van der Waals surface area contributed by atoms with Crippen LogP contribution in [0.4, 0.5) is 4.39 Å². The van der Waals surface area contributed by atoms with E-state index in [4.69, 9.17) is 5.26 Å². The summed E-state index contributed by atoms with van der Waals surface area (Å²) in [6.45, 7) is 0. The molecular formula is C15H11BrFNO. The van der Waals surface area contributed by atoms with Crippen molar-refractivity contribution in [2.24, 2.45) is 0 Å². The Labute approximate surface area is 119 Å². The van der Waals surface area contributed by atoms with Crippen LogP contribution in [0.15, 0.2) is 46.9 Å². The monoisotopic (exact) mass is 319 g/mol. The number of nitrogens with zero attached hydrogens (tertiary/aromatic N) is 1. The molecule has 0 heterocycles. The molecule has 0 aromatic heterocycles. The van der Waals surface area contributed by atoms with Gasteiger partial charge in [0.25, 0.3) is 0 Å². The van der Waals surface area contributed by atoms with Gasteiger partial charge in [-0.1, -0.05) is 24.3 Å². The van der Waals surface area contributed by atoms with Gasteiger partial charge in [-0.05, 0) is 45.3 Å². The molecule has 0 saturated carbocycles. The van der Waals surface area contributed by atoms with E-state index in [9.17, 15) is 9.50 Å². The molecule has 1 N–H and O–H groups in total. The zero-order chi connectivity index (χ0) is 13.8. The van der Waals surface area contributed by atoms with Gasteiger partial charge in [-0.25, -0.2) is 4.39 Å². The normalized spacial score (nSPS) is 11.9. The molecule has 1 atom stereocenters. The molecule has 96 valence electrons. The molecule has 4 heteroatoms. The molecule has 19 heavy (non-hydrogen) atoms. The van der Waals surface area contributed by atoms with Crippen molar-refractivity contribution in [3.63, 3.8) is 0 Å². The van der Waals surface area contributed by atoms with Crippen molar-refractivity contribution in [3.8, 4) is 6.07 Å². The average molecular weight is 320 g/mol. The number of benzene rings is 2. The molecule has 0 saturated heterocycles. The molecule has 0 spiro atoms. The highest BCUT2D eigenvalue weighted by Gasteiger charge is 2.13.